The third-order valence-electron chi connectivity index (χ3n) is 4.44. The number of likely N-dealkylation sites (N-methyl/N-ethyl adjacent to an activating group) is 1. The van der Waals surface area contributed by atoms with Crippen molar-refractivity contribution >= 4 is 5.91 Å². The van der Waals surface area contributed by atoms with Crippen LogP contribution in [0.25, 0.3) is 0 Å². The molecule has 23 heavy (non-hydrogen) atoms. The van der Waals surface area contributed by atoms with Crippen LogP contribution in [0.3, 0.4) is 0 Å². The molecule has 0 saturated carbocycles. The van der Waals surface area contributed by atoms with Gasteiger partial charge >= 0.3 is 0 Å². The number of amides is 1. The molecule has 1 amide bonds. The third kappa shape index (κ3) is 5.27. The molecule has 2 heterocycles. The molecule has 1 aliphatic rings. The summed E-state index contributed by atoms with van der Waals surface area (Å²) < 4.78 is 5.17. The van der Waals surface area contributed by atoms with E-state index in [9.17, 15) is 4.79 Å². The second-order valence-corrected chi connectivity index (χ2v) is 6.12. The molecule has 0 aliphatic carbocycles. The summed E-state index contributed by atoms with van der Waals surface area (Å²) in [7, 11) is 3.79. The molecule has 1 aromatic rings. The van der Waals surface area contributed by atoms with E-state index in [1.807, 2.05) is 24.0 Å². The minimum atomic E-state index is -0.0950. The predicted molar refractivity (Wildman–Crippen MR) is 90.1 cm³/mol. The van der Waals surface area contributed by atoms with Crippen molar-refractivity contribution in [3.8, 4) is 0 Å². The highest BCUT2D eigenvalue weighted by Crippen LogP contribution is 2.11. The van der Waals surface area contributed by atoms with Gasteiger partial charge in [-0.2, -0.15) is 0 Å². The summed E-state index contributed by atoms with van der Waals surface area (Å²) in [5.41, 5.74) is 1.09. The minimum Gasteiger partial charge on any atom is -0.383 e. The lowest BCUT2D eigenvalue weighted by Crippen LogP contribution is -2.54. The fraction of sp³-hybridized carbons (Fsp3) is 0.647. The Morgan fingerprint density at radius 3 is 2.57 bits per heavy atom. The first-order valence-corrected chi connectivity index (χ1v) is 8.21. The Hall–Kier alpha value is -1.50. The molecule has 1 atom stereocenters. The smallest absolute Gasteiger partial charge is 0.240 e. The number of hydrogen-bond donors (Lipinski definition) is 0. The second-order valence-electron chi connectivity index (χ2n) is 6.12. The zero-order chi connectivity index (χ0) is 16.7. The lowest BCUT2D eigenvalue weighted by molar-refractivity contribution is -0.138. The molecular weight excluding hydrogens is 292 g/mol. The highest BCUT2D eigenvalue weighted by Gasteiger charge is 2.27. The highest BCUT2D eigenvalue weighted by molar-refractivity contribution is 5.81. The normalized spacial score (nSPS) is 17.9. The Balaban J connectivity index is 2.00. The predicted octanol–water partition coefficient (Wildman–Crippen LogP) is 0.693. The number of carbonyl (C=O) groups excluding carboxylic acids is 1. The van der Waals surface area contributed by atoms with Gasteiger partial charge in [0, 0.05) is 58.8 Å². The first kappa shape index (κ1) is 17.8. The second kappa shape index (κ2) is 8.96. The molecule has 6 heteroatoms. The van der Waals surface area contributed by atoms with Crippen LogP contribution in [-0.4, -0.2) is 85.1 Å². The maximum absolute atomic E-state index is 12.9. The van der Waals surface area contributed by atoms with E-state index >= 15 is 0 Å². The molecule has 1 aromatic heterocycles. The fourth-order valence-corrected chi connectivity index (χ4v) is 2.81. The van der Waals surface area contributed by atoms with Crippen LogP contribution in [-0.2, 0) is 16.1 Å². The Morgan fingerprint density at radius 1 is 1.30 bits per heavy atom. The van der Waals surface area contributed by atoms with Gasteiger partial charge in [-0.15, -0.1) is 0 Å². The average Bonchev–Trinajstić information content (AvgIpc) is 2.59. The maximum Gasteiger partial charge on any atom is 0.240 e. The van der Waals surface area contributed by atoms with Crippen LogP contribution in [0.4, 0.5) is 0 Å². The number of piperazine rings is 1. The van der Waals surface area contributed by atoms with Crippen LogP contribution in [0.2, 0.25) is 0 Å². The molecule has 6 nitrogen and oxygen atoms in total. The van der Waals surface area contributed by atoms with Crippen LogP contribution in [0.5, 0.6) is 0 Å². The van der Waals surface area contributed by atoms with Crippen LogP contribution < -0.4 is 0 Å². The lowest BCUT2D eigenvalue weighted by Gasteiger charge is -2.37. The fourth-order valence-electron chi connectivity index (χ4n) is 2.81. The van der Waals surface area contributed by atoms with Gasteiger partial charge in [-0.3, -0.25) is 14.7 Å². The number of nitrogens with zero attached hydrogens (tertiary/aromatic N) is 4. The van der Waals surface area contributed by atoms with Crippen molar-refractivity contribution in [1.29, 1.82) is 0 Å². The lowest BCUT2D eigenvalue weighted by atomic mass is 10.2. The van der Waals surface area contributed by atoms with Crippen molar-refractivity contribution in [2.45, 2.75) is 19.5 Å². The summed E-state index contributed by atoms with van der Waals surface area (Å²) in [6.45, 7) is 7.68. The van der Waals surface area contributed by atoms with Gasteiger partial charge in [0.1, 0.15) is 0 Å². The van der Waals surface area contributed by atoms with Crippen molar-refractivity contribution in [2.24, 2.45) is 0 Å². The van der Waals surface area contributed by atoms with Crippen molar-refractivity contribution < 1.29 is 9.53 Å². The number of methoxy groups -OCH3 is 1. The number of pyridine rings is 1. The van der Waals surface area contributed by atoms with Crippen LogP contribution in [0, 0.1) is 0 Å². The van der Waals surface area contributed by atoms with E-state index < -0.39 is 0 Å². The van der Waals surface area contributed by atoms with Gasteiger partial charge in [0.25, 0.3) is 0 Å². The van der Waals surface area contributed by atoms with Gasteiger partial charge in [-0.25, -0.2) is 0 Å². The summed E-state index contributed by atoms with van der Waals surface area (Å²) in [4.78, 5) is 23.4. The van der Waals surface area contributed by atoms with E-state index in [2.05, 4.69) is 21.8 Å². The monoisotopic (exact) mass is 320 g/mol. The molecule has 2 rings (SSSR count). The number of carbonyl (C=O) groups is 1. The van der Waals surface area contributed by atoms with Gasteiger partial charge in [0.15, 0.2) is 0 Å². The molecule has 0 spiro atoms. The zero-order valence-corrected chi connectivity index (χ0v) is 14.4. The summed E-state index contributed by atoms with van der Waals surface area (Å²) in [5.74, 6) is 0.170. The summed E-state index contributed by atoms with van der Waals surface area (Å²) >= 11 is 0. The molecule has 0 bridgehead atoms. The van der Waals surface area contributed by atoms with Crippen molar-refractivity contribution in [3.05, 3.63) is 30.1 Å². The highest BCUT2D eigenvalue weighted by atomic mass is 16.5. The molecule has 0 N–H and O–H groups in total. The molecule has 128 valence electrons. The Morgan fingerprint density at radius 2 is 1.96 bits per heavy atom. The van der Waals surface area contributed by atoms with Crippen molar-refractivity contribution in [3.63, 3.8) is 0 Å². The van der Waals surface area contributed by atoms with E-state index in [1.54, 1.807) is 19.5 Å². The maximum atomic E-state index is 12.9. The van der Waals surface area contributed by atoms with Gasteiger partial charge in [-0.1, -0.05) is 0 Å². The number of rotatable bonds is 7. The average molecular weight is 320 g/mol. The van der Waals surface area contributed by atoms with E-state index in [0.717, 1.165) is 31.7 Å². The van der Waals surface area contributed by atoms with Gasteiger partial charge in [-0.05, 0) is 31.7 Å². The van der Waals surface area contributed by atoms with Crippen molar-refractivity contribution in [2.75, 3.05) is 53.5 Å². The first-order chi connectivity index (χ1) is 11.1. The molecule has 1 fully saturated rings. The van der Waals surface area contributed by atoms with E-state index in [0.29, 0.717) is 19.7 Å². The standard InChI is InChI=1S/C17H28N4O2/c1-15(20-10-8-19(2)9-11-20)17(22)21(12-13-23-3)14-16-4-6-18-7-5-16/h4-7,15H,8-14H2,1-3H3. The van der Waals surface area contributed by atoms with Crippen LogP contribution in [0.15, 0.2) is 24.5 Å². The molecule has 0 aromatic carbocycles. The Bertz CT molecular complexity index is 475. The summed E-state index contributed by atoms with van der Waals surface area (Å²) in [5, 5.41) is 0. The summed E-state index contributed by atoms with van der Waals surface area (Å²) in [6, 6.07) is 3.81. The third-order valence-corrected chi connectivity index (χ3v) is 4.44. The van der Waals surface area contributed by atoms with Crippen molar-refractivity contribution in [1.82, 2.24) is 19.7 Å². The van der Waals surface area contributed by atoms with Crippen LogP contribution >= 0.6 is 0 Å². The quantitative estimate of drug-likeness (QED) is 0.740. The Labute approximate surface area is 139 Å². The molecule has 0 radical (unpaired) electrons. The molecule has 1 unspecified atom stereocenters. The molecule has 1 saturated heterocycles. The zero-order valence-electron chi connectivity index (χ0n) is 14.4. The van der Waals surface area contributed by atoms with Gasteiger partial charge < -0.3 is 14.5 Å². The van der Waals surface area contributed by atoms with E-state index in [4.69, 9.17) is 4.74 Å². The van der Waals surface area contributed by atoms with Gasteiger partial charge in [0.2, 0.25) is 5.91 Å². The van der Waals surface area contributed by atoms with Crippen LogP contribution in [0.1, 0.15) is 12.5 Å². The van der Waals surface area contributed by atoms with Gasteiger partial charge in [0.05, 0.1) is 12.6 Å². The minimum absolute atomic E-state index is 0.0950. The number of ether oxygens (including phenoxy) is 1. The topological polar surface area (TPSA) is 48.9 Å². The van der Waals surface area contributed by atoms with E-state index in [1.165, 1.54) is 0 Å². The SMILES string of the molecule is COCCN(Cc1ccncc1)C(=O)C(C)N1CCN(C)CC1. The van der Waals surface area contributed by atoms with E-state index in [-0.39, 0.29) is 11.9 Å². The molecular formula is C17H28N4O2. The largest absolute Gasteiger partial charge is 0.383 e. The molecule has 1 aliphatic heterocycles. The number of hydrogen-bond acceptors (Lipinski definition) is 5. The summed E-state index contributed by atoms with van der Waals surface area (Å²) in [6.07, 6.45) is 3.52. The first-order valence-electron chi connectivity index (χ1n) is 8.21. The Kier molecular flexibility index (Phi) is 6.95. The number of aromatic nitrogens is 1.